The third kappa shape index (κ3) is 4.13. The van der Waals surface area contributed by atoms with Crippen LogP contribution in [0.3, 0.4) is 0 Å². The van der Waals surface area contributed by atoms with E-state index in [0.717, 1.165) is 11.8 Å². The van der Waals surface area contributed by atoms with E-state index >= 15 is 0 Å². The number of hydrogen-bond acceptors (Lipinski definition) is 2. The normalized spacial score (nSPS) is 13.3. The maximum absolute atomic E-state index is 2.44. The van der Waals surface area contributed by atoms with Gasteiger partial charge >= 0.3 is 0 Å². The Kier molecular flexibility index (Phi) is 5.79. The Labute approximate surface area is 193 Å². The van der Waals surface area contributed by atoms with Crippen LogP contribution in [0.2, 0.25) is 0 Å². The molecule has 5 rings (SSSR count). The van der Waals surface area contributed by atoms with Crippen LogP contribution < -0.4 is 0 Å². The van der Waals surface area contributed by atoms with E-state index in [0.29, 0.717) is 0 Å². The molecule has 2 heterocycles. The lowest BCUT2D eigenvalue weighted by Crippen LogP contribution is -1.98. The fourth-order valence-corrected chi connectivity index (χ4v) is 7.17. The average molecular weight is 445 g/mol. The van der Waals surface area contributed by atoms with Gasteiger partial charge in [0.1, 0.15) is 0 Å². The minimum Gasteiger partial charge on any atom is -0.140 e. The Morgan fingerprint density at radius 2 is 1.29 bits per heavy atom. The van der Waals surface area contributed by atoms with Gasteiger partial charge in [0, 0.05) is 29.9 Å². The zero-order valence-electron chi connectivity index (χ0n) is 19.1. The van der Waals surface area contributed by atoms with Crippen molar-refractivity contribution < 1.29 is 0 Å². The Morgan fingerprint density at radius 3 is 1.97 bits per heavy atom. The van der Waals surface area contributed by atoms with Gasteiger partial charge < -0.3 is 0 Å². The van der Waals surface area contributed by atoms with Gasteiger partial charge in [0.15, 0.2) is 0 Å². The fourth-order valence-electron chi connectivity index (χ4n) is 4.93. The molecule has 0 saturated carbocycles. The van der Waals surface area contributed by atoms with Crippen molar-refractivity contribution in [3.63, 3.8) is 0 Å². The lowest BCUT2D eigenvalue weighted by molar-refractivity contribution is 0.438. The zero-order chi connectivity index (χ0) is 21.5. The van der Waals surface area contributed by atoms with Gasteiger partial charge in [-0.15, -0.1) is 22.7 Å². The third-order valence-electron chi connectivity index (χ3n) is 6.69. The van der Waals surface area contributed by atoms with Crippen LogP contribution in [0.4, 0.5) is 0 Å². The molecule has 0 nitrogen and oxygen atoms in total. The highest BCUT2D eigenvalue weighted by Crippen LogP contribution is 2.40. The van der Waals surface area contributed by atoms with Crippen LogP contribution in [-0.2, 0) is 6.42 Å². The SMILES string of the molecule is Cc1cc2ccc3c4ccc5cc(CCC(C)CCCC(C)C)sc5c4ccc3c2s1. The molecule has 3 aromatic carbocycles. The summed E-state index contributed by atoms with van der Waals surface area (Å²) in [4.78, 5) is 2.93. The molecule has 5 aromatic rings. The van der Waals surface area contributed by atoms with Gasteiger partial charge in [-0.3, -0.25) is 0 Å². The summed E-state index contributed by atoms with van der Waals surface area (Å²) in [6.45, 7) is 9.31. The Hall–Kier alpha value is -1.90. The van der Waals surface area contributed by atoms with E-state index in [1.54, 1.807) is 4.88 Å². The molecular weight excluding hydrogens is 412 g/mol. The molecular formula is C29H32S2. The maximum Gasteiger partial charge on any atom is 0.0424 e. The number of rotatable bonds is 7. The van der Waals surface area contributed by atoms with Crippen molar-refractivity contribution in [1.29, 1.82) is 0 Å². The summed E-state index contributed by atoms with van der Waals surface area (Å²) in [6.07, 6.45) is 6.63. The Bertz CT molecular complexity index is 1370. The lowest BCUT2D eigenvalue weighted by Gasteiger charge is -2.11. The van der Waals surface area contributed by atoms with Gasteiger partial charge in [0.2, 0.25) is 0 Å². The first-order valence-electron chi connectivity index (χ1n) is 11.8. The predicted octanol–water partition coefficient (Wildman–Crippen LogP) is 10.1. The van der Waals surface area contributed by atoms with Gasteiger partial charge in [0.25, 0.3) is 0 Å². The number of aryl methyl sites for hydroxylation is 2. The van der Waals surface area contributed by atoms with Crippen molar-refractivity contribution in [2.75, 3.05) is 0 Å². The standard InChI is InChI=1S/C29H32S2/c1-18(2)6-5-7-19(3)8-11-23-17-22-10-13-25-24-12-9-21-16-20(4)30-28(21)26(24)14-15-27(25)29(22)31-23/h9-10,12-19H,5-8,11H2,1-4H3. The summed E-state index contributed by atoms with van der Waals surface area (Å²) in [5.41, 5.74) is 0. The lowest BCUT2D eigenvalue weighted by atomic mass is 9.96. The van der Waals surface area contributed by atoms with Crippen LogP contribution in [-0.4, -0.2) is 0 Å². The smallest absolute Gasteiger partial charge is 0.0424 e. The van der Waals surface area contributed by atoms with E-state index in [1.165, 1.54) is 78.7 Å². The van der Waals surface area contributed by atoms with Crippen LogP contribution in [0.1, 0.15) is 56.2 Å². The molecule has 31 heavy (non-hydrogen) atoms. The van der Waals surface area contributed by atoms with Crippen molar-refractivity contribution in [3.8, 4) is 0 Å². The largest absolute Gasteiger partial charge is 0.140 e. The third-order valence-corrected chi connectivity index (χ3v) is 9.04. The van der Waals surface area contributed by atoms with E-state index in [9.17, 15) is 0 Å². The molecule has 0 saturated heterocycles. The summed E-state index contributed by atoms with van der Waals surface area (Å²) in [7, 11) is 0. The van der Waals surface area contributed by atoms with Crippen molar-refractivity contribution in [2.45, 2.75) is 59.8 Å². The molecule has 0 bridgehead atoms. The van der Waals surface area contributed by atoms with Gasteiger partial charge in [-0.1, -0.05) is 76.4 Å². The monoisotopic (exact) mass is 444 g/mol. The highest BCUT2D eigenvalue weighted by Gasteiger charge is 2.12. The summed E-state index contributed by atoms with van der Waals surface area (Å²) in [5.74, 6) is 1.65. The molecule has 0 radical (unpaired) electrons. The zero-order valence-corrected chi connectivity index (χ0v) is 20.8. The van der Waals surface area contributed by atoms with Gasteiger partial charge in [-0.25, -0.2) is 0 Å². The number of benzene rings is 3. The van der Waals surface area contributed by atoms with E-state index in [4.69, 9.17) is 0 Å². The molecule has 0 aliphatic carbocycles. The second-order valence-corrected chi connectivity index (χ2v) is 12.2. The molecule has 2 aromatic heterocycles. The van der Waals surface area contributed by atoms with Crippen molar-refractivity contribution in [1.82, 2.24) is 0 Å². The Balaban J connectivity index is 1.45. The quantitative estimate of drug-likeness (QED) is 0.219. The predicted molar refractivity (Wildman–Crippen MR) is 143 cm³/mol. The van der Waals surface area contributed by atoms with Crippen LogP contribution >= 0.6 is 22.7 Å². The summed E-state index contributed by atoms with van der Waals surface area (Å²) in [6, 6.07) is 18.8. The van der Waals surface area contributed by atoms with Crippen molar-refractivity contribution >= 4 is 64.4 Å². The molecule has 1 atom stereocenters. The number of thiophene rings is 2. The molecule has 160 valence electrons. The minimum atomic E-state index is 0.821. The van der Waals surface area contributed by atoms with E-state index in [1.807, 2.05) is 22.7 Å². The first kappa shape index (κ1) is 21.0. The van der Waals surface area contributed by atoms with Crippen LogP contribution in [0.5, 0.6) is 0 Å². The van der Waals surface area contributed by atoms with Crippen LogP contribution in [0, 0.1) is 18.8 Å². The topological polar surface area (TPSA) is 0 Å². The molecule has 2 heteroatoms. The molecule has 0 amide bonds. The average Bonchev–Trinajstić information content (AvgIpc) is 3.33. The molecule has 1 unspecified atom stereocenters. The van der Waals surface area contributed by atoms with Gasteiger partial charge in [-0.05, 0) is 65.3 Å². The molecule has 0 aliphatic rings. The number of hydrogen-bond donors (Lipinski definition) is 0. The maximum atomic E-state index is 2.44. The minimum absolute atomic E-state index is 0.821. The Morgan fingerprint density at radius 1 is 0.677 bits per heavy atom. The molecule has 0 spiro atoms. The molecule has 0 N–H and O–H groups in total. The first-order chi connectivity index (χ1) is 15.0. The second kappa shape index (κ2) is 8.56. The molecule has 0 aliphatic heterocycles. The van der Waals surface area contributed by atoms with E-state index in [-0.39, 0.29) is 0 Å². The number of fused-ring (bicyclic) bond motifs is 7. The van der Waals surface area contributed by atoms with Crippen molar-refractivity contribution in [3.05, 3.63) is 58.3 Å². The molecule has 0 fully saturated rings. The summed E-state index contributed by atoms with van der Waals surface area (Å²) in [5, 5.41) is 8.38. The highest BCUT2D eigenvalue weighted by molar-refractivity contribution is 7.20. The summed E-state index contributed by atoms with van der Waals surface area (Å²) < 4.78 is 2.89. The van der Waals surface area contributed by atoms with Gasteiger partial charge in [-0.2, -0.15) is 0 Å². The van der Waals surface area contributed by atoms with Crippen LogP contribution in [0.25, 0.3) is 41.7 Å². The highest BCUT2D eigenvalue weighted by atomic mass is 32.1. The van der Waals surface area contributed by atoms with Crippen molar-refractivity contribution in [2.24, 2.45) is 11.8 Å². The van der Waals surface area contributed by atoms with Gasteiger partial charge in [0.05, 0.1) is 0 Å². The van der Waals surface area contributed by atoms with Crippen LogP contribution in [0.15, 0.2) is 48.5 Å². The van der Waals surface area contributed by atoms with E-state index < -0.39 is 0 Å². The second-order valence-electron chi connectivity index (χ2n) is 9.76. The summed E-state index contributed by atoms with van der Waals surface area (Å²) >= 11 is 3.93. The fraction of sp³-hybridized carbons (Fsp3) is 0.379. The first-order valence-corrected chi connectivity index (χ1v) is 13.4. The van der Waals surface area contributed by atoms with E-state index in [2.05, 4.69) is 76.2 Å².